The van der Waals surface area contributed by atoms with Crippen LogP contribution in [0.3, 0.4) is 0 Å². The van der Waals surface area contributed by atoms with E-state index in [1.807, 2.05) is 29.7 Å². The molecule has 3 N–H and O–H groups in total. The zero-order chi connectivity index (χ0) is 10.8. The Bertz CT molecular complexity index is 392. The van der Waals surface area contributed by atoms with E-state index in [1.54, 1.807) is 0 Å². The van der Waals surface area contributed by atoms with Crippen molar-refractivity contribution < 1.29 is 9.59 Å². The summed E-state index contributed by atoms with van der Waals surface area (Å²) < 4.78 is 0. The lowest BCUT2D eigenvalue weighted by Gasteiger charge is -2.13. The molecule has 0 aliphatic carbocycles. The predicted molar refractivity (Wildman–Crippen MR) is 53.0 cm³/mol. The highest BCUT2D eigenvalue weighted by molar-refractivity contribution is 6.34. The first kappa shape index (κ1) is 9.67. The van der Waals surface area contributed by atoms with Crippen molar-refractivity contribution >= 4 is 11.8 Å². The van der Waals surface area contributed by atoms with Gasteiger partial charge in [0, 0.05) is 13.1 Å². The van der Waals surface area contributed by atoms with Gasteiger partial charge in [-0.25, -0.2) is 5.84 Å². The topological polar surface area (TPSA) is 75.4 Å². The number of benzene rings is 1. The number of hydrazine groups is 1. The van der Waals surface area contributed by atoms with Crippen LogP contribution in [0.25, 0.3) is 0 Å². The lowest BCUT2D eigenvalue weighted by atomic mass is 10.1. The maximum absolute atomic E-state index is 11.5. The van der Waals surface area contributed by atoms with Gasteiger partial charge in [0.1, 0.15) is 0 Å². The summed E-state index contributed by atoms with van der Waals surface area (Å²) in [4.78, 5) is 24.0. The molecular formula is C10H11N3O2. The lowest BCUT2D eigenvalue weighted by Crippen LogP contribution is -2.43. The van der Waals surface area contributed by atoms with Gasteiger partial charge in [-0.2, -0.15) is 0 Å². The highest BCUT2D eigenvalue weighted by Crippen LogP contribution is 2.21. The Morgan fingerprint density at radius 3 is 2.20 bits per heavy atom. The third-order valence-electron chi connectivity index (χ3n) is 2.45. The molecule has 0 aromatic heterocycles. The van der Waals surface area contributed by atoms with Crippen LogP contribution in [0.15, 0.2) is 24.3 Å². The van der Waals surface area contributed by atoms with Crippen LogP contribution in [-0.2, 0) is 22.7 Å². The van der Waals surface area contributed by atoms with Crippen molar-refractivity contribution in [3.8, 4) is 0 Å². The number of hydrogen-bond acceptors (Lipinski definition) is 3. The number of hydrogen-bond donors (Lipinski definition) is 2. The van der Waals surface area contributed by atoms with E-state index >= 15 is 0 Å². The number of nitrogens with one attached hydrogen (secondary N) is 1. The summed E-state index contributed by atoms with van der Waals surface area (Å²) in [6.07, 6.45) is 0. The Balaban J connectivity index is 2.14. The zero-order valence-electron chi connectivity index (χ0n) is 8.06. The first-order valence-electron chi connectivity index (χ1n) is 4.59. The molecule has 0 spiro atoms. The summed E-state index contributed by atoms with van der Waals surface area (Å²) in [5.74, 6) is 3.53. The maximum atomic E-state index is 11.5. The predicted octanol–water partition coefficient (Wildman–Crippen LogP) is -0.481. The molecule has 0 fully saturated rings. The van der Waals surface area contributed by atoms with E-state index in [9.17, 15) is 9.59 Å². The SMILES string of the molecule is NNC(=O)C(=O)N1Cc2ccccc2C1. The Morgan fingerprint density at radius 2 is 1.73 bits per heavy atom. The van der Waals surface area contributed by atoms with Crippen molar-refractivity contribution in [2.24, 2.45) is 5.84 Å². The van der Waals surface area contributed by atoms with Gasteiger partial charge in [-0.15, -0.1) is 0 Å². The quantitative estimate of drug-likeness (QED) is 0.260. The number of carbonyl (C=O) groups is 2. The minimum absolute atomic E-state index is 0.475. The number of nitrogens with two attached hydrogens (primary N) is 1. The normalized spacial score (nSPS) is 13.5. The van der Waals surface area contributed by atoms with Gasteiger partial charge in [-0.05, 0) is 11.1 Å². The van der Waals surface area contributed by atoms with Gasteiger partial charge in [-0.3, -0.25) is 15.0 Å². The minimum Gasteiger partial charge on any atom is -0.326 e. The fourth-order valence-electron chi connectivity index (χ4n) is 1.68. The first-order valence-corrected chi connectivity index (χ1v) is 4.59. The van der Waals surface area contributed by atoms with Crippen molar-refractivity contribution in [2.45, 2.75) is 13.1 Å². The molecule has 0 saturated carbocycles. The van der Waals surface area contributed by atoms with Crippen molar-refractivity contribution in [2.75, 3.05) is 0 Å². The van der Waals surface area contributed by atoms with Gasteiger partial charge in [0.05, 0.1) is 0 Å². The molecule has 2 rings (SSSR count). The van der Waals surface area contributed by atoms with Crippen LogP contribution < -0.4 is 11.3 Å². The average Bonchev–Trinajstić information content (AvgIpc) is 2.70. The van der Waals surface area contributed by atoms with E-state index in [0.29, 0.717) is 13.1 Å². The summed E-state index contributed by atoms with van der Waals surface area (Å²) >= 11 is 0. The van der Waals surface area contributed by atoms with Gasteiger partial charge < -0.3 is 4.90 Å². The number of amides is 2. The van der Waals surface area contributed by atoms with Gasteiger partial charge in [0.2, 0.25) is 0 Å². The largest absolute Gasteiger partial charge is 0.326 e. The third kappa shape index (κ3) is 1.69. The average molecular weight is 205 g/mol. The van der Waals surface area contributed by atoms with E-state index in [-0.39, 0.29) is 0 Å². The van der Waals surface area contributed by atoms with Crippen LogP contribution >= 0.6 is 0 Å². The molecule has 1 aliphatic rings. The standard InChI is InChI=1S/C10H11N3O2/c11-12-9(14)10(15)13-5-7-3-1-2-4-8(7)6-13/h1-4H,5-6,11H2,(H,12,14). The summed E-state index contributed by atoms with van der Waals surface area (Å²) in [5.41, 5.74) is 4.00. The summed E-state index contributed by atoms with van der Waals surface area (Å²) in [7, 11) is 0. The van der Waals surface area contributed by atoms with Crippen LogP contribution in [0, 0.1) is 0 Å². The molecular weight excluding hydrogens is 194 g/mol. The molecule has 2 amide bonds. The zero-order valence-corrected chi connectivity index (χ0v) is 8.06. The Labute approximate surface area is 86.8 Å². The minimum atomic E-state index is -0.775. The molecule has 5 heteroatoms. The van der Waals surface area contributed by atoms with Crippen molar-refractivity contribution in [3.05, 3.63) is 35.4 Å². The van der Waals surface area contributed by atoms with Crippen LogP contribution in [-0.4, -0.2) is 16.7 Å². The molecule has 1 aromatic rings. The highest BCUT2D eigenvalue weighted by atomic mass is 16.2. The molecule has 0 radical (unpaired) electrons. The number of carbonyl (C=O) groups excluding carboxylic acids is 2. The van der Waals surface area contributed by atoms with Gasteiger partial charge in [-0.1, -0.05) is 24.3 Å². The first-order chi connectivity index (χ1) is 7.22. The van der Waals surface area contributed by atoms with Crippen molar-refractivity contribution in [1.82, 2.24) is 10.3 Å². The summed E-state index contributed by atoms with van der Waals surface area (Å²) in [5, 5.41) is 0. The van der Waals surface area contributed by atoms with Gasteiger partial charge in [0.15, 0.2) is 0 Å². The second-order valence-corrected chi connectivity index (χ2v) is 3.40. The van der Waals surface area contributed by atoms with Crippen LogP contribution in [0.1, 0.15) is 11.1 Å². The van der Waals surface area contributed by atoms with E-state index < -0.39 is 11.8 Å². The third-order valence-corrected chi connectivity index (χ3v) is 2.45. The molecule has 1 aromatic carbocycles. The monoisotopic (exact) mass is 205 g/mol. The van der Waals surface area contributed by atoms with Crippen LogP contribution in [0.5, 0.6) is 0 Å². The molecule has 0 unspecified atom stereocenters. The molecule has 15 heavy (non-hydrogen) atoms. The molecule has 78 valence electrons. The van der Waals surface area contributed by atoms with Crippen LogP contribution in [0.2, 0.25) is 0 Å². The van der Waals surface area contributed by atoms with E-state index in [1.165, 1.54) is 4.90 Å². The number of fused-ring (bicyclic) bond motifs is 1. The number of rotatable bonds is 0. The molecule has 5 nitrogen and oxygen atoms in total. The second kappa shape index (κ2) is 3.70. The smallest absolute Gasteiger partial charge is 0.323 e. The fraction of sp³-hybridized carbons (Fsp3) is 0.200. The van der Waals surface area contributed by atoms with Gasteiger partial charge in [0.25, 0.3) is 0 Å². The maximum Gasteiger partial charge on any atom is 0.323 e. The Kier molecular flexibility index (Phi) is 2.39. The van der Waals surface area contributed by atoms with Gasteiger partial charge >= 0.3 is 11.8 Å². The molecule has 0 saturated heterocycles. The Morgan fingerprint density at radius 1 is 1.20 bits per heavy atom. The highest BCUT2D eigenvalue weighted by Gasteiger charge is 2.26. The number of nitrogens with zero attached hydrogens (tertiary/aromatic N) is 1. The van der Waals surface area contributed by atoms with E-state index in [0.717, 1.165) is 11.1 Å². The van der Waals surface area contributed by atoms with Crippen molar-refractivity contribution in [3.63, 3.8) is 0 Å². The summed E-state index contributed by atoms with van der Waals surface area (Å²) in [6, 6.07) is 7.72. The van der Waals surface area contributed by atoms with E-state index in [2.05, 4.69) is 0 Å². The Hall–Kier alpha value is -1.88. The van der Waals surface area contributed by atoms with E-state index in [4.69, 9.17) is 5.84 Å². The second-order valence-electron chi connectivity index (χ2n) is 3.40. The summed E-state index contributed by atoms with van der Waals surface area (Å²) in [6.45, 7) is 0.949. The lowest BCUT2D eigenvalue weighted by molar-refractivity contribution is -0.146. The van der Waals surface area contributed by atoms with Crippen molar-refractivity contribution in [1.29, 1.82) is 0 Å². The molecule has 0 atom stereocenters. The fourth-order valence-corrected chi connectivity index (χ4v) is 1.68. The molecule has 1 heterocycles. The molecule has 0 bridgehead atoms. The van der Waals surface area contributed by atoms with Crippen LogP contribution in [0.4, 0.5) is 0 Å². The molecule has 1 aliphatic heterocycles.